The molecule has 2 heterocycles. The minimum Gasteiger partial charge on any atom is -0.349 e. The quantitative estimate of drug-likeness (QED) is 0.296. The number of halogens is 6. The Kier molecular flexibility index (Phi) is 8.49. The molecule has 0 aliphatic heterocycles. The van der Waals surface area contributed by atoms with Crippen molar-refractivity contribution in [1.29, 1.82) is 0 Å². The van der Waals surface area contributed by atoms with Crippen LogP contribution in [0.15, 0.2) is 28.4 Å². The number of H-pyrrole nitrogens is 1. The summed E-state index contributed by atoms with van der Waals surface area (Å²) in [5, 5.41) is 12.3. The summed E-state index contributed by atoms with van der Waals surface area (Å²) in [6.07, 6.45) is -7.47. The number of benzene rings is 1. The molecule has 4 rings (SSSR count). The molecule has 1 fully saturated rings. The van der Waals surface area contributed by atoms with Crippen LogP contribution in [0.1, 0.15) is 85.1 Å². The fraction of sp³-hybridized carbons (Fsp3) is 0.480. The number of rotatable bonds is 8. The molecule has 40 heavy (non-hydrogen) atoms. The van der Waals surface area contributed by atoms with Crippen molar-refractivity contribution in [3.05, 3.63) is 52.4 Å². The van der Waals surface area contributed by atoms with Gasteiger partial charge in [-0.15, -0.1) is 0 Å². The number of nitrogens with zero attached hydrogens (tertiary/aromatic N) is 3. The maximum absolute atomic E-state index is 15.5. The monoisotopic (exact) mass is 572 g/mol. The van der Waals surface area contributed by atoms with Crippen LogP contribution in [0, 0.1) is 18.7 Å². The molecule has 1 aromatic carbocycles. The van der Waals surface area contributed by atoms with E-state index in [4.69, 9.17) is 0 Å². The number of hydrogen-bond donors (Lipinski definition) is 3. The maximum Gasteiger partial charge on any atom is 0.389 e. The van der Waals surface area contributed by atoms with Gasteiger partial charge in [0, 0.05) is 12.0 Å². The van der Waals surface area contributed by atoms with Crippen LogP contribution in [0.5, 0.6) is 0 Å². The Labute approximate surface area is 223 Å². The van der Waals surface area contributed by atoms with Crippen molar-refractivity contribution in [3.63, 3.8) is 0 Å². The number of carbonyl (C=O) groups is 2. The molecule has 9 nitrogen and oxygen atoms in total. The highest BCUT2D eigenvalue weighted by molar-refractivity contribution is 5.93. The van der Waals surface area contributed by atoms with E-state index < -0.39 is 54.8 Å². The number of imidazole rings is 1. The summed E-state index contributed by atoms with van der Waals surface area (Å²) in [6.45, 7) is 2.95. The number of hydrogen-bond acceptors (Lipinski definition) is 6. The lowest BCUT2D eigenvalue weighted by molar-refractivity contribution is -0.144. The summed E-state index contributed by atoms with van der Waals surface area (Å²) < 4.78 is 83.6. The van der Waals surface area contributed by atoms with Crippen LogP contribution in [0.2, 0.25) is 0 Å². The molecule has 0 bridgehead atoms. The van der Waals surface area contributed by atoms with E-state index in [1.54, 1.807) is 0 Å². The predicted octanol–water partition coefficient (Wildman–Crippen LogP) is 5.73. The topological polar surface area (TPSA) is 126 Å². The lowest BCUT2D eigenvalue weighted by atomic mass is 9.81. The van der Waals surface area contributed by atoms with Crippen molar-refractivity contribution in [3.8, 4) is 0 Å². The zero-order chi connectivity index (χ0) is 29.2. The van der Waals surface area contributed by atoms with Crippen molar-refractivity contribution in [2.45, 2.75) is 70.6 Å². The lowest BCUT2D eigenvalue weighted by Gasteiger charge is -2.30. The molecule has 15 heteroatoms. The standard InChI is InChI=1S/C25H26F6N6O3/c1-11(32-17(38)9-10-25(29,30)31)15-7-8-16-21(18(15)26)34-23(33-16)20(13-3-5-14(6-4-13)22(27)28)35-24(39)19-12(2)36-40-37-19/h7-8,11,13,20H,3-6,9-10H2,1-2H3,(H,32,38)(H,33,34)(H,35,39). The van der Waals surface area contributed by atoms with Gasteiger partial charge in [-0.05, 0) is 62.2 Å². The van der Waals surface area contributed by atoms with E-state index in [2.05, 4.69) is 35.5 Å². The summed E-state index contributed by atoms with van der Waals surface area (Å²) in [6, 6.07) is 1.08. The number of allylic oxidation sites excluding steroid dienone is 1. The Morgan fingerprint density at radius 2 is 1.85 bits per heavy atom. The van der Waals surface area contributed by atoms with Crippen LogP contribution >= 0.6 is 0 Å². The highest BCUT2D eigenvalue weighted by atomic mass is 19.4. The van der Waals surface area contributed by atoms with Crippen molar-refractivity contribution >= 4 is 22.8 Å². The Morgan fingerprint density at radius 1 is 1.15 bits per heavy atom. The molecule has 2 unspecified atom stereocenters. The number of aromatic nitrogens is 4. The smallest absolute Gasteiger partial charge is 0.349 e. The summed E-state index contributed by atoms with van der Waals surface area (Å²) >= 11 is 0. The van der Waals surface area contributed by atoms with Crippen LogP contribution in [-0.2, 0) is 4.79 Å². The highest BCUT2D eigenvalue weighted by Gasteiger charge is 2.33. The van der Waals surface area contributed by atoms with E-state index in [0.29, 0.717) is 12.8 Å². The first kappa shape index (κ1) is 29.1. The summed E-state index contributed by atoms with van der Waals surface area (Å²) in [4.78, 5) is 32.2. The number of nitrogens with one attached hydrogen (secondary N) is 3. The molecule has 1 aliphatic rings. The molecule has 2 atom stereocenters. The number of aromatic amines is 1. The van der Waals surface area contributed by atoms with Crippen LogP contribution in [0.3, 0.4) is 0 Å². The summed E-state index contributed by atoms with van der Waals surface area (Å²) in [5.41, 5.74) is 0.350. The molecule has 2 aromatic heterocycles. The molecule has 216 valence electrons. The summed E-state index contributed by atoms with van der Waals surface area (Å²) in [5.74, 6) is -2.49. The number of fused-ring (bicyclic) bond motifs is 1. The number of aryl methyl sites for hydroxylation is 1. The zero-order valence-corrected chi connectivity index (χ0v) is 21.5. The van der Waals surface area contributed by atoms with E-state index in [-0.39, 0.29) is 58.1 Å². The van der Waals surface area contributed by atoms with E-state index in [1.807, 2.05) is 0 Å². The first-order valence-electron chi connectivity index (χ1n) is 12.5. The van der Waals surface area contributed by atoms with Gasteiger partial charge in [0.15, 0.2) is 11.5 Å². The van der Waals surface area contributed by atoms with Gasteiger partial charge in [-0.25, -0.2) is 14.0 Å². The van der Waals surface area contributed by atoms with Gasteiger partial charge in [-0.3, -0.25) is 9.59 Å². The second-order valence-electron chi connectivity index (χ2n) is 9.74. The molecule has 3 aromatic rings. The Hall–Kier alpha value is -3.91. The molecule has 2 amide bonds. The first-order valence-corrected chi connectivity index (χ1v) is 12.5. The normalized spacial score (nSPS) is 17.5. The first-order chi connectivity index (χ1) is 18.8. The van der Waals surface area contributed by atoms with Crippen molar-refractivity contribution in [1.82, 2.24) is 30.9 Å². The molecular formula is C25H26F6N6O3. The molecule has 0 saturated heterocycles. The Morgan fingerprint density at radius 3 is 2.45 bits per heavy atom. The molecule has 0 spiro atoms. The molecule has 3 N–H and O–H groups in total. The van der Waals surface area contributed by atoms with Crippen molar-refractivity contribution < 1.29 is 40.6 Å². The fourth-order valence-corrected chi connectivity index (χ4v) is 4.77. The van der Waals surface area contributed by atoms with Crippen molar-refractivity contribution in [2.24, 2.45) is 5.92 Å². The highest BCUT2D eigenvalue weighted by Crippen LogP contribution is 2.38. The third kappa shape index (κ3) is 6.62. The van der Waals surface area contributed by atoms with Crippen LogP contribution < -0.4 is 10.6 Å². The Balaban J connectivity index is 1.60. The minimum atomic E-state index is -4.50. The fourth-order valence-electron chi connectivity index (χ4n) is 4.77. The molecule has 1 saturated carbocycles. The van der Waals surface area contributed by atoms with Gasteiger partial charge in [0.1, 0.15) is 17.0 Å². The average molecular weight is 573 g/mol. The van der Waals surface area contributed by atoms with E-state index >= 15 is 4.39 Å². The van der Waals surface area contributed by atoms with Gasteiger partial charge in [-0.2, -0.15) is 22.0 Å². The third-order valence-electron chi connectivity index (χ3n) is 6.94. The largest absolute Gasteiger partial charge is 0.389 e. The number of carbonyl (C=O) groups excluding carboxylic acids is 2. The van der Waals surface area contributed by atoms with E-state index in [0.717, 1.165) is 0 Å². The molecule has 0 radical (unpaired) electrons. The lowest BCUT2D eigenvalue weighted by Crippen LogP contribution is -2.36. The zero-order valence-electron chi connectivity index (χ0n) is 21.5. The van der Waals surface area contributed by atoms with Gasteiger partial charge in [-0.1, -0.05) is 11.2 Å². The molecule has 1 aliphatic carbocycles. The van der Waals surface area contributed by atoms with Crippen molar-refractivity contribution in [2.75, 3.05) is 0 Å². The van der Waals surface area contributed by atoms with Gasteiger partial charge >= 0.3 is 6.18 Å². The second kappa shape index (κ2) is 11.7. The minimum absolute atomic E-state index is 0.00153. The second-order valence-corrected chi connectivity index (χ2v) is 9.74. The Bertz CT molecular complexity index is 1420. The van der Waals surface area contributed by atoms with E-state index in [1.165, 1.54) is 26.0 Å². The van der Waals surface area contributed by atoms with Crippen LogP contribution in [0.25, 0.3) is 11.0 Å². The van der Waals surface area contributed by atoms with Gasteiger partial charge < -0.3 is 15.6 Å². The van der Waals surface area contributed by atoms with Gasteiger partial charge in [0.25, 0.3) is 12.0 Å². The van der Waals surface area contributed by atoms with Crippen LogP contribution in [-0.4, -0.2) is 38.3 Å². The molecular weight excluding hydrogens is 546 g/mol. The summed E-state index contributed by atoms with van der Waals surface area (Å²) in [7, 11) is 0. The van der Waals surface area contributed by atoms with Crippen LogP contribution in [0.4, 0.5) is 26.3 Å². The van der Waals surface area contributed by atoms with Gasteiger partial charge in [0.2, 0.25) is 5.91 Å². The number of amides is 2. The average Bonchev–Trinajstić information content (AvgIpc) is 3.52. The van der Waals surface area contributed by atoms with Gasteiger partial charge in [0.05, 0.1) is 24.0 Å². The number of alkyl halides is 3. The predicted molar refractivity (Wildman–Crippen MR) is 128 cm³/mol. The SMILES string of the molecule is Cc1nonc1C(=O)NC(c1nc2c(F)c(C(C)NC(=O)CCC(F)(F)F)ccc2[nH]1)C1CCC(=C(F)F)CC1. The maximum atomic E-state index is 15.5. The van der Waals surface area contributed by atoms with E-state index in [9.17, 15) is 31.5 Å². The third-order valence-corrected chi connectivity index (χ3v) is 6.94.